The molecule has 1 rings (SSSR count). The number of aryl methyl sites for hydroxylation is 1. The number of para-hydroxylation sites is 1. The van der Waals surface area contributed by atoms with Gasteiger partial charge in [-0.2, -0.15) is 0 Å². The molecule has 0 heterocycles. The molecule has 25 heavy (non-hydrogen) atoms. The first-order valence-electron chi connectivity index (χ1n) is 11.1. The van der Waals surface area contributed by atoms with E-state index < -0.39 is 0 Å². The first-order valence-corrected chi connectivity index (χ1v) is 11.1. The highest BCUT2D eigenvalue weighted by Crippen LogP contribution is 2.21. The van der Waals surface area contributed by atoms with Gasteiger partial charge in [-0.05, 0) is 30.9 Å². The van der Waals surface area contributed by atoms with Gasteiger partial charge in [0, 0.05) is 0 Å². The monoisotopic (exact) mass is 346 g/mol. The van der Waals surface area contributed by atoms with Crippen LogP contribution in [0.4, 0.5) is 0 Å². The van der Waals surface area contributed by atoms with Crippen molar-refractivity contribution in [2.75, 3.05) is 6.61 Å². The highest BCUT2D eigenvalue weighted by atomic mass is 16.5. The Morgan fingerprint density at radius 2 is 1.12 bits per heavy atom. The minimum absolute atomic E-state index is 0.876. The number of unbranched alkanes of at least 4 members (excludes halogenated alkanes) is 12. The SMILES string of the molecule is CCCCCCCCCCc1ccccc1OCCCCCCCC. The van der Waals surface area contributed by atoms with E-state index in [-0.39, 0.29) is 0 Å². The fourth-order valence-corrected chi connectivity index (χ4v) is 3.37. The summed E-state index contributed by atoms with van der Waals surface area (Å²) in [5, 5.41) is 0. The van der Waals surface area contributed by atoms with Gasteiger partial charge in [-0.3, -0.25) is 0 Å². The molecule has 0 spiro atoms. The van der Waals surface area contributed by atoms with Crippen LogP contribution >= 0.6 is 0 Å². The summed E-state index contributed by atoms with van der Waals surface area (Å²) < 4.78 is 6.07. The summed E-state index contributed by atoms with van der Waals surface area (Å²) in [5.41, 5.74) is 1.40. The van der Waals surface area contributed by atoms with Gasteiger partial charge in [-0.1, -0.05) is 109 Å². The van der Waals surface area contributed by atoms with Crippen LogP contribution in [0.2, 0.25) is 0 Å². The summed E-state index contributed by atoms with van der Waals surface area (Å²) in [6, 6.07) is 8.65. The fourth-order valence-electron chi connectivity index (χ4n) is 3.37. The molecule has 1 nitrogen and oxygen atoms in total. The predicted molar refractivity (Wildman–Crippen MR) is 112 cm³/mol. The van der Waals surface area contributed by atoms with E-state index >= 15 is 0 Å². The standard InChI is InChI=1S/C24H42O/c1-3-5-7-9-11-12-13-15-19-23-20-16-17-21-24(23)25-22-18-14-10-8-6-4-2/h16-17,20-21H,3-15,18-19,22H2,1-2H3. The van der Waals surface area contributed by atoms with E-state index in [0.717, 1.165) is 12.4 Å². The van der Waals surface area contributed by atoms with Crippen LogP contribution < -0.4 is 4.74 Å². The maximum atomic E-state index is 6.07. The molecule has 0 radical (unpaired) electrons. The molecule has 0 N–H and O–H groups in total. The van der Waals surface area contributed by atoms with Gasteiger partial charge in [-0.15, -0.1) is 0 Å². The second kappa shape index (κ2) is 16.5. The fraction of sp³-hybridized carbons (Fsp3) is 0.750. The second-order valence-electron chi connectivity index (χ2n) is 7.45. The van der Waals surface area contributed by atoms with Crippen molar-refractivity contribution in [2.24, 2.45) is 0 Å². The van der Waals surface area contributed by atoms with Gasteiger partial charge in [0.05, 0.1) is 6.61 Å². The van der Waals surface area contributed by atoms with Crippen molar-refractivity contribution in [1.82, 2.24) is 0 Å². The van der Waals surface area contributed by atoms with Crippen LogP contribution in [0.3, 0.4) is 0 Å². The summed E-state index contributed by atoms with van der Waals surface area (Å²) in [4.78, 5) is 0. The minimum Gasteiger partial charge on any atom is -0.493 e. The molecule has 1 aromatic rings. The van der Waals surface area contributed by atoms with Crippen LogP contribution in [-0.4, -0.2) is 6.61 Å². The molecule has 0 unspecified atom stereocenters. The van der Waals surface area contributed by atoms with Gasteiger partial charge in [0.25, 0.3) is 0 Å². The smallest absolute Gasteiger partial charge is 0.122 e. The largest absolute Gasteiger partial charge is 0.493 e. The van der Waals surface area contributed by atoms with Gasteiger partial charge >= 0.3 is 0 Å². The first kappa shape index (κ1) is 22.1. The number of ether oxygens (including phenoxy) is 1. The van der Waals surface area contributed by atoms with Crippen molar-refractivity contribution >= 4 is 0 Å². The van der Waals surface area contributed by atoms with E-state index in [1.54, 1.807) is 0 Å². The van der Waals surface area contributed by atoms with Crippen molar-refractivity contribution < 1.29 is 4.74 Å². The molecule has 0 aromatic heterocycles. The quantitative estimate of drug-likeness (QED) is 0.259. The third kappa shape index (κ3) is 12.1. The van der Waals surface area contributed by atoms with E-state index in [2.05, 4.69) is 38.1 Å². The van der Waals surface area contributed by atoms with E-state index in [4.69, 9.17) is 4.74 Å². The van der Waals surface area contributed by atoms with Gasteiger partial charge in [0.2, 0.25) is 0 Å². The molecular formula is C24H42O. The van der Waals surface area contributed by atoms with Crippen molar-refractivity contribution in [3.05, 3.63) is 29.8 Å². The second-order valence-corrected chi connectivity index (χ2v) is 7.45. The molecule has 0 atom stereocenters. The van der Waals surface area contributed by atoms with E-state index in [0.29, 0.717) is 0 Å². The molecule has 144 valence electrons. The lowest BCUT2D eigenvalue weighted by Gasteiger charge is -2.11. The molecule has 0 saturated carbocycles. The van der Waals surface area contributed by atoms with Gasteiger partial charge in [-0.25, -0.2) is 0 Å². The Kier molecular flexibility index (Phi) is 14.5. The van der Waals surface area contributed by atoms with Crippen LogP contribution in [0.15, 0.2) is 24.3 Å². The van der Waals surface area contributed by atoms with Gasteiger partial charge in [0.15, 0.2) is 0 Å². The van der Waals surface area contributed by atoms with Crippen LogP contribution in [0.5, 0.6) is 5.75 Å². The zero-order chi connectivity index (χ0) is 18.0. The topological polar surface area (TPSA) is 9.23 Å². The lowest BCUT2D eigenvalue weighted by atomic mass is 10.0. The molecule has 0 amide bonds. The highest BCUT2D eigenvalue weighted by molar-refractivity contribution is 5.33. The number of benzene rings is 1. The molecule has 0 aliphatic heterocycles. The molecule has 1 aromatic carbocycles. The Labute approximate surface area is 157 Å². The average Bonchev–Trinajstić information content (AvgIpc) is 2.64. The van der Waals surface area contributed by atoms with Crippen LogP contribution in [0, 0.1) is 0 Å². The molecule has 0 bridgehead atoms. The van der Waals surface area contributed by atoms with Crippen molar-refractivity contribution in [2.45, 2.75) is 110 Å². The zero-order valence-electron chi connectivity index (χ0n) is 17.0. The molecule has 0 fully saturated rings. The number of hydrogen-bond acceptors (Lipinski definition) is 1. The van der Waals surface area contributed by atoms with Crippen LogP contribution in [0.25, 0.3) is 0 Å². The van der Waals surface area contributed by atoms with E-state index in [1.807, 2.05) is 0 Å². The Hall–Kier alpha value is -0.980. The highest BCUT2D eigenvalue weighted by Gasteiger charge is 2.03. The predicted octanol–water partition coefficient (Wildman–Crippen LogP) is 8.11. The lowest BCUT2D eigenvalue weighted by molar-refractivity contribution is 0.301. The summed E-state index contributed by atoms with van der Waals surface area (Å²) in [7, 11) is 0. The van der Waals surface area contributed by atoms with Crippen molar-refractivity contribution in [1.29, 1.82) is 0 Å². The maximum absolute atomic E-state index is 6.07. The van der Waals surface area contributed by atoms with Crippen molar-refractivity contribution in [3.8, 4) is 5.75 Å². The normalized spacial score (nSPS) is 11.0. The van der Waals surface area contributed by atoms with Crippen LogP contribution in [0.1, 0.15) is 109 Å². The molecule has 0 saturated heterocycles. The Morgan fingerprint density at radius 1 is 0.600 bits per heavy atom. The third-order valence-corrected chi connectivity index (χ3v) is 5.03. The van der Waals surface area contributed by atoms with E-state index in [9.17, 15) is 0 Å². The lowest BCUT2D eigenvalue weighted by Crippen LogP contribution is -2.00. The third-order valence-electron chi connectivity index (χ3n) is 5.03. The number of hydrogen-bond donors (Lipinski definition) is 0. The minimum atomic E-state index is 0.876. The molecule has 0 aliphatic rings. The summed E-state index contributed by atoms with van der Waals surface area (Å²) in [5.74, 6) is 1.12. The molecule has 0 aliphatic carbocycles. The first-order chi connectivity index (χ1) is 12.4. The Bertz CT molecular complexity index is 399. The Morgan fingerprint density at radius 3 is 1.76 bits per heavy atom. The number of rotatable bonds is 17. The van der Waals surface area contributed by atoms with Gasteiger partial charge in [0.1, 0.15) is 5.75 Å². The Balaban J connectivity index is 2.12. The van der Waals surface area contributed by atoms with Crippen molar-refractivity contribution in [3.63, 3.8) is 0 Å². The summed E-state index contributed by atoms with van der Waals surface area (Å²) >= 11 is 0. The van der Waals surface area contributed by atoms with E-state index in [1.165, 1.54) is 102 Å². The molecular weight excluding hydrogens is 304 g/mol. The summed E-state index contributed by atoms with van der Waals surface area (Å²) in [6.07, 6.45) is 20.2. The summed E-state index contributed by atoms with van der Waals surface area (Å²) in [6.45, 7) is 5.43. The zero-order valence-corrected chi connectivity index (χ0v) is 17.0. The maximum Gasteiger partial charge on any atom is 0.122 e. The van der Waals surface area contributed by atoms with Crippen LogP contribution in [-0.2, 0) is 6.42 Å². The molecule has 1 heteroatoms. The average molecular weight is 347 g/mol. The van der Waals surface area contributed by atoms with Gasteiger partial charge < -0.3 is 4.74 Å².